The van der Waals surface area contributed by atoms with Gasteiger partial charge in [-0.1, -0.05) is 52.3 Å². The van der Waals surface area contributed by atoms with E-state index in [4.69, 9.17) is 4.74 Å². The highest BCUT2D eigenvalue weighted by molar-refractivity contribution is 9.09. The number of allylic oxidation sites excluding steroid dienone is 2. The summed E-state index contributed by atoms with van der Waals surface area (Å²) in [6.45, 7) is 0.161. The summed E-state index contributed by atoms with van der Waals surface area (Å²) in [6.07, 6.45) is 4.14. The molecule has 2 atom stereocenters. The van der Waals surface area contributed by atoms with E-state index in [0.717, 1.165) is 5.56 Å². The number of alkyl halides is 1. The lowest BCUT2D eigenvalue weighted by Crippen LogP contribution is -2.43. The first-order valence-electron chi connectivity index (χ1n) is 5.61. The van der Waals surface area contributed by atoms with Crippen LogP contribution < -0.4 is 0 Å². The van der Waals surface area contributed by atoms with Crippen molar-refractivity contribution in [2.75, 3.05) is 0 Å². The summed E-state index contributed by atoms with van der Waals surface area (Å²) in [4.78, 5) is 9.38. The predicted molar refractivity (Wildman–Crippen MR) is 73.1 cm³/mol. The lowest BCUT2D eigenvalue weighted by atomic mass is 10.0. The van der Waals surface area contributed by atoms with Crippen molar-refractivity contribution in [3.8, 4) is 0 Å². The van der Waals surface area contributed by atoms with Crippen LogP contribution in [0.4, 0.5) is 0 Å². The number of nitro groups is 1. The predicted octanol–water partition coefficient (Wildman–Crippen LogP) is 2.39. The Labute approximate surface area is 118 Å². The monoisotopic (exact) mass is 325 g/mol. The highest BCUT2D eigenvalue weighted by Crippen LogP contribution is 2.32. The molecule has 0 fully saturated rings. The quantitative estimate of drug-likeness (QED) is 0.399. The molecule has 2 unspecified atom stereocenters. The molecule has 0 aromatic heterocycles. The molecule has 1 aromatic carbocycles. The fourth-order valence-corrected chi connectivity index (χ4v) is 2.32. The zero-order valence-corrected chi connectivity index (χ0v) is 11.5. The molecule has 5 nitrogen and oxygen atoms in total. The zero-order valence-electron chi connectivity index (χ0n) is 9.90. The molecule has 19 heavy (non-hydrogen) atoms. The fourth-order valence-electron chi connectivity index (χ4n) is 1.71. The first-order chi connectivity index (χ1) is 9.03. The molecular weight excluding hydrogens is 314 g/mol. The maximum Gasteiger partial charge on any atom is 0.265 e. The molecule has 6 heteroatoms. The second-order valence-corrected chi connectivity index (χ2v) is 5.01. The molecule has 1 aliphatic carbocycles. The summed E-state index contributed by atoms with van der Waals surface area (Å²) in [5.74, 6) is -1.73. The minimum atomic E-state index is -1.73. The maximum absolute atomic E-state index is 10.8. The Morgan fingerprint density at radius 1 is 1.42 bits per heavy atom. The van der Waals surface area contributed by atoms with E-state index in [9.17, 15) is 15.2 Å². The number of hydrogen-bond donors (Lipinski definition) is 1. The van der Waals surface area contributed by atoms with Crippen LogP contribution in [0.25, 0.3) is 0 Å². The Morgan fingerprint density at radius 3 is 2.74 bits per heavy atom. The summed E-state index contributed by atoms with van der Waals surface area (Å²) in [5.41, 5.74) is 0.735. The highest BCUT2D eigenvalue weighted by atomic mass is 79.9. The van der Waals surface area contributed by atoms with Gasteiger partial charge in [0, 0.05) is 6.08 Å². The van der Waals surface area contributed by atoms with E-state index < -0.39 is 15.5 Å². The molecule has 2 rings (SSSR count). The second kappa shape index (κ2) is 5.64. The van der Waals surface area contributed by atoms with Gasteiger partial charge in [-0.05, 0) is 11.6 Å². The third-order valence-corrected chi connectivity index (χ3v) is 3.87. The van der Waals surface area contributed by atoms with Gasteiger partial charge in [-0.25, -0.2) is 0 Å². The minimum absolute atomic E-state index is 0.141. The zero-order chi connectivity index (χ0) is 13.9. The first-order valence-corrected chi connectivity index (χ1v) is 6.52. The van der Waals surface area contributed by atoms with Crippen molar-refractivity contribution in [1.29, 1.82) is 0 Å². The average molecular weight is 326 g/mol. The third kappa shape index (κ3) is 3.09. The molecule has 1 aliphatic rings. The van der Waals surface area contributed by atoms with Crippen molar-refractivity contribution < 1.29 is 14.8 Å². The van der Waals surface area contributed by atoms with E-state index in [1.807, 2.05) is 30.3 Å². The van der Waals surface area contributed by atoms with Crippen LogP contribution in [0.15, 0.2) is 54.3 Å². The Hall–Kier alpha value is -1.50. The van der Waals surface area contributed by atoms with Gasteiger partial charge in [0.25, 0.3) is 5.70 Å². The largest absolute Gasteiger partial charge is 0.361 e. The van der Waals surface area contributed by atoms with Crippen molar-refractivity contribution in [1.82, 2.24) is 0 Å². The van der Waals surface area contributed by atoms with E-state index in [0.29, 0.717) is 0 Å². The van der Waals surface area contributed by atoms with Crippen molar-refractivity contribution in [3.05, 3.63) is 69.9 Å². The van der Waals surface area contributed by atoms with Gasteiger partial charge in [-0.15, -0.1) is 0 Å². The van der Waals surface area contributed by atoms with E-state index in [-0.39, 0.29) is 12.3 Å². The number of ether oxygens (including phenoxy) is 1. The number of halogens is 1. The normalized spacial score (nSPS) is 26.0. The molecule has 0 radical (unpaired) electrons. The summed E-state index contributed by atoms with van der Waals surface area (Å²) in [7, 11) is 0. The Morgan fingerprint density at radius 2 is 2.11 bits per heavy atom. The van der Waals surface area contributed by atoms with Crippen molar-refractivity contribution in [3.63, 3.8) is 0 Å². The standard InChI is InChI=1S/C13H12BrNO4/c14-12-11(15(17)18)7-4-8-13(12,16)19-9-10-5-2-1-3-6-10/h1-8,12,16H,9H2. The summed E-state index contributed by atoms with van der Waals surface area (Å²) < 4.78 is 5.43. The van der Waals surface area contributed by atoms with Gasteiger partial charge < -0.3 is 9.84 Å². The van der Waals surface area contributed by atoms with Crippen LogP contribution in [0.5, 0.6) is 0 Å². The van der Waals surface area contributed by atoms with Gasteiger partial charge in [0.05, 0.1) is 11.5 Å². The van der Waals surface area contributed by atoms with Gasteiger partial charge in [-0.2, -0.15) is 0 Å². The topological polar surface area (TPSA) is 72.6 Å². The number of nitrogens with zero attached hydrogens (tertiary/aromatic N) is 1. The Kier molecular flexibility index (Phi) is 4.14. The smallest absolute Gasteiger partial charge is 0.265 e. The molecule has 0 saturated carbocycles. The summed E-state index contributed by atoms with van der Waals surface area (Å²) >= 11 is 3.12. The van der Waals surface area contributed by atoms with Gasteiger partial charge in [0.1, 0.15) is 0 Å². The number of hydrogen-bond acceptors (Lipinski definition) is 4. The SMILES string of the molecule is O=[N+]([O-])C1=CC=CC(O)(OCc2ccccc2)C1Br. The van der Waals surface area contributed by atoms with E-state index in [1.54, 1.807) is 0 Å². The van der Waals surface area contributed by atoms with Crippen LogP contribution in [0, 0.1) is 10.1 Å². The third-order valence-electron chi connectivity index (χ3n) is 2.75. The fraction of sp³-hybridized carbons (Fsp3) is 0.231. The molecule has 0 amide bonds. The Bertz CT molecular complexity index is 529. The van der Waals surface area contributed by atoms with Gasteiger partial charge >= 0.3 is 0 Å². The van der Waals surface area contributed by atoms with Crippen LogP contribution in [0.1, 0.15) is 5.56 Å². The molecule has 0 spiro atoms. The van der Waals surface area contributed by atoms with Crippen molar-refractivity contribution in [2.24, 2.45) is 0 Å². The molecule has 1 aromatic rings. The molecule has 0 heterocycles. The number of benzene rings is 1. The second-order valence-electron chi connectivity index (χ2n) is 4.10. The van der Waals surface area contributed by atoms with Gasteiger partial charge in [0.15, 0.2) is 4.83 Å². The molecule has 1 N–H and O–H groups in total. The minimum Gasteiger partial charge on any atom is -0.361 e. The van der Waals surface area contributed by atoms with E-state index in [2.05, 4.69) is 15.9 Å². The van der Waals surface area contributed by atoms with E-state index >= 15 is 0 Å². The molecule has 0 saturated heterocycles. The van der Waals surface area contributed by atoms with Crippen molar-refractivity contribution in [2.45, 2.75) is 17.2 Å². The lowest BCUT2D eigenvalue weighted by Gasteiger charge is -2.30. The number of aliphatic hydroxyl groups is 1. The summed E-state index contributed by atoms with van der Waals surface area (Å²) in [6, 6.07) is 9.28. The Balaban J connectivity index is 2.09. The van der Waals surface area contributed by atoms with Gasteiger partial charge in [-0.3, -0.25) is 10.1 Å². The van der Waals surface area contributed by atoms with Crippen molar-refractivity contribution >= 4 is 15.9 Å². The number of rotatable bonds is 4. The van der Waals surface area contributed by atoms with Crippen LogP contribution in [0.3, 0.4) is 0 Å². The lowest BCUT2D eigenvalue weighted by molar-refractivity contribution is -0.432. The van der Waals surface area contributed by atoms with E-state index in [1.165, 1.54) is 18.2 Å². The maximum atomic E-state index is 10.8. The molecule has 0 bridgehead atoms. The van der Waals surface area contributed by atoms with Crippen LogP contribution in [-0.4, -0.2) is 20.6 Å². The average Bonchev–Trinajstić information content (AvgIpc) is 2.41. The van der Waals surface area contributed by atoms with Crippen LogP contribution in [0.2, 0.25) is 0 Å². The molecule has 0 aliphatic heterocycles. The first kappa shape index (κ1) is 13.9. The van der Waals surface area contributed by atoms with Crippen LogP contribution >= 0.6 is 15.9 Å². The highest BCUT2D eigenvalue weighted by Gasteiger charge is 2.43. The molecule has 100 valence electrons. The van der Waals surface area contributed by atoms with Gasteiger partial charge in [0.2, 0.25) is 5.79 Å². The molecular formula is C13H12BrNO4. The van der Waals surface area contributed by atoms with Crippen LogP contribution in [-0.2, 0) is 11.3 Å². The summed E-state index contributed by atoms with van der Waals surface area (Å²) in [5, 5.41) is 21.2.